The molecule has 4 nitrogen and oxygen atoms in total. The lowest BCUT2D eigenvalue weighted by atomic mass is 9.96. The molecular formula is C21H21BrN4S. The number of benzene rings is 1. The molecule has 0 unspecified atom stereocenters. The molecule has 0 saturated carbocycles. The van der Waals surface area contributed by atoms with Crippen LogP contribution >= 0.6 is 28.1 Å². The van der Waals surface area contributed by atoms with Crippen LogP contribution < -0.4 is 10.2 Å². The van der Waals surface area contributed by atoms with Crippen LogP contribution in [0.3, 0.4) is 0 Å². The van der Waals surface area contributed by atoms with E-state index in [1.807, 2.05) is 18.3 Å². The Labute approximate surface area is 173 Å². The van der Waals surface area contributed by atoms with Gasteiger partial charge in [-0.25, -0.2) is 0 Å². The molecule has 4 rings (SSSR count). The number of pyridine rings is 1. The van der Waals surface area contributed by atoms with Crippen molar-refractivity contribution in [3.63, 3.8) is 0 Å². The molecule has 0 bridgehead atoms. The lowest BCUT2D eigenvalue weighted by Gasteiger charge is -2.28. The van der Waals surface area contributed by atoms with E-state index in [1.165, 1.54) is 11.1 Å². The number of hydrogen-bond donors (Lipinski definition) is 2. The summed E-state index contributed by atoms with van der Waals surface area (Å²) in [5.74, 6) is 0. The van der Waals surface area contributed by atoms with Crippen molar-refractivity contribution < 1.29 is 0 Å². The molecule has 0 radical (unpaired) electrons. The van der Waals surface area contributed by atoms with Gasteiger partial charge in [0, 0.05) is 27.7 Å². The first kappa shape index (κ1) is 18.2. The van der Waals surface area contributed by atoms with Gasteiger partial charge in [0.15, 0.2) is 5.11 Å². The van der Waals surface area contributed by atoms with Gasteiger partial charge in [-0.2, -0.15) is 0 Å². The van der Waals surface area contributed by atoms with Crippen LogP contribution in [0.4, 0.5) is 5.69 Å². The van der Waals surface area contributed by atoms with Crippen molar-refractivity contribution >= 4 is 38.9 Å². The molecule has 0 amide bonds. The van der Waals surface area contributed by atoms with Gasteiger partial charge >= 0.3 is 0 Å². The lowest BCUT2D eigenvalue weighted by Crippen LogP contribution is -2.29. The van der Waals surface area contributed by atoms with Crippen molar-refractivity contribution in [2.24, 2.45) is 0 Å². The average Bonchev–Trinajstić information content (AvgIpc) is 3.16. The second-order valence-corrected chi connectivity index (χ2v) is 8.20. The van der Waals surface area contributed by atoms with E-state index in [-0.39, 0.29) is 12.1 Å². The standard InChI is InChI=1S/C21H21BrN4S/c1-12-10-15(7-8-17(12)22)26-20(16-11-13(2)24-14(16)3)19(25-21(26)27)18-6-4-5-9-23-18/h4-11,19-20,24H,1-3H3,(H,25,27)/t19-,20-/m0/s1. The van der Waals surface area contributed by atoms with E-state index in [0.29, 0.717) is 0 Å². The Balaban J connectivity index is 1.87. The third kappa shape index (κ3) is 3.28. The molecule has 1 aliphatic heterocycles. The Morgan fingerprint density at radius 2 is 1.93 bits per heavy atom. The molecule has 2 N–H and O–H groups in total. The minimum absolute atomic E-state index is 0.0171. The first-order valence-electron chi connectivity index (χ1n) is 8.88. The van der Waals surface area contributed by atoms with E-state index in [9.17, 15) is 0 Å². The third-order valence-corrected chi connectivity index (χ3v) is 6.23. The van der Waals surface area contributed by atoms with Crippen molar-refractivity contribution in [2.75, 3.05) is 4.90 Å². The second-order valence-electron chi connectivity index (χ2n) is 6.96. The number of thiocarbonyl (C=S) groups is 1. The van der Waals surface area contributed by atoms with Gasteiger partial charge in [-0.1, -0.05) is 22.0 Å². The number of nitrogens with one attached hydrogen (secondary N) is 2. The molecule has 27 heavy (non-hydrogen) atoms. The summed E-state index contributed by atoms with van der Waals surface area (Å²) in [6, 6.07) is 14.6. The summed E-state index contributed by atoms with van der Waals surface area (Å²) in [5.41, 5.74) is 6.78. The highest BCUT2D eigenvalue weighted by molar-refractivity contribution is 9.10. The Hall–Kier alpha value is -2.18. The summed E-state index contributed by atoms with van der Waals surface area (Å²) >= 11 is 9.36. The second kappa shape index (κ2) is 7.09. The highest BCUT2D eigenvalue weighted by Crippen LogP contribution is 2.43. The Morgan fingerprint density at radius 1 is 1.11 bits per heavy atom. The summed E-state index contributed by atoms with van der Waals surface area (Å²) < 4.78 is 1.09. The fraction of sp³-hybridized carbons (Fsp3) is 0.238. The summed E-state index contributed by atoms with van der Waals surface area (Å²) in [6.45, 7) is 6.29. The molecule has 0 spiro atoms. The van der Waals surface area contributed by atoms with Crippen LogP contribution in [0.1, 0.15) is 40.3 Å². The van der Waals surface area contributed by atoms with Crippen LogP contribution in [0.2, 0.25) is 0 Å². The molecule has 3 aromatic rings. The average molecular weight is 441 g/mol. The predicted molar refractivity (Wildman–Crippen MR) is 117 cm³/mol. The molecule has 1 aromatic carbocycles. The van der Waals surface area contributed by atoms with Crippen LogP contribution in [0.25, 0.3) is 0 Å². The summed E-state index contributed by atoms with van der Waals surface area (Å²) in [6.07, 6.45) is 1.83. The molecule has 3 heterocycles. The zero-order chi connectivity index (χ0) is 19.1. The maximum atomic E-state index is 5.77. The van der Waals surface area contributed by atoms with Gasteiger partial charge in [-0.05, 0) is 80.5 Å². The van der Waals surface area contributed by atoms with Crippen molar-refractivity contribution in [3.05, 3.63) is 81.3 Å². The van der Waals surface area contributed by atoms with Crippen LogP contribution in [-0.2, 0) is 0 Å². The van der Waals surface area contributed by atoms with Gasteiger partial charge in [0.05, 0.1) is 17.8 Å². The van der Waals surface area contributed by atoms with E-state index in [4.69, 9.17) is 12.2 Å². The van der Waals surface area contributed by atoms with Gasteiger partial charge in [-0.15, -0.1) is 0 Å². The van der Waals surface area contributed by atoms with E-state index < -0.39 is 0 Å². The number of nitrogens with zero attached hydrogens (tertiary/aromatic N) is 2. The Morgan fingerprint density at radius 3 is 2.56 bits per heavy atom. The number of H-pyrrole nitrogens is 1. The summed E-state index contributed by atoms with van der Waals surface area (Å²) in [5, 5.41) is 4.23. The number of hydrogen-bond acceptors (Lipinski definition) is 2. The van der Waals surface area contributed by atoms with Crippen LogP contribution in [0.15, 0.2) is 53.1 Å². The van der Waals surface area contributed by atoms with Crippen molar-refractivity contribution in [2.45, 2.75) is 32.9 Å². The maximum Gasteiger partial charge on any atom is 0.174 e. The number of rotatable bonds is 3. The van der Waals surface area contributed by atoms with Gasteiger partial charge in [-0.3, -0.25) is 4.98 Å². The smallest absolute Gasteiger partial charge is 0.174 e. The Kier molecular flexibility index (Phi) is 4.78. The van der Waals surface area contributed by atoms with Gasteiger partial charge in [0.25, 0.3) is 0 Å². The minimum Gasteiger partial charge on any atom is -0.362 e. The number of halogens is 1. The van der Waals surface area contributed by atoms with E-state index in [0.717, 1.165) is 32.4 Å². The molecule has 0 aliphatic carbocycles. The topological polar surface area (TPSA) is 44.0 Å². The normalized spacial score (nSPS) is 19.4. The highest BCUT2D eigenvalue weighted by atomic mass is 79.9. The molecule has 2 aromatic heterocycles. The first-order chi connectivity index (χ1) is 13.0. The zero-order valence-electron chi connectivity index (χ0n) is 15.5. The zero-order valence-corrected chi connectivity index (χ0v) is 17.9. The molecular weight excluding hydrogens is 420 g/mol. The van der Waals surface area contributed by atoms with E-state index in [1.54, 1.807) is 0 Å². The van der Waals surface area contributed by atoms with E-state index >= 15 is 0 Å². The largest absolute Gasteiger partial charge is 0.362 e. The van der Waals surface area contributed by atoms with Crippen molar-refractivity contribution in [3.8, 4) is 0 Å². The fourth-order valence-corrected chi connectivity index (χ4v) is 4.37. The molecule has 138 valence electrons. The van der Waals surface area contributed by atoms with Crippen LogP contribution in [-0.4, -0.2) is 15.1 Å². The van der Waals surface area contributed by atoms with Gasteiger partial charge < -0.3 is 15.2 Å². The molecule has 6 heteroatoms. The van der Waals surface area contributed by atoms with Gasteiger partial charge in [0.2, 0.25) is 0 Å². The van der Waals surface area contributed by atoms with Crippen LogP contribution in [0.5, 0.6) is 0 Å². The SMILES string of the molecule is Cc1cc([C@H]2[C@H](c3ccccn3)NC(=S)N2c2ccc(Br)c(C)c2)c(C)[nH]1. The quantitative estimate of drug-likeness (QED) is 0.544. The number of aromatic nitrogens is 2. The maximum absolute atomic E-state index is 5.77. The summed E-state index contributed by atoms with van der Waals surface area (Å²) in [4.78, 5) is 10.3. The summed E-state index contributed by atoms with van der Waals surface area (Å²) in [7, 11) is 0. The molecule has 2 atom stereocenters. The number of aryl methyl sites for hydroxylation is 3. The molecule has 1 saturated heterocycles. The first-order valence-corrected chi connectivity index (χ1v) is 10.1. The third-order valence-electron chi connectivity index (χ3n) is 5.03. The van der Waals surface area contributed by atoms with E-state index in [2.05, 4.69) is 87.2 Å². The predicted octanol–water partition coefficient (Wildman–Crippen LogP) is 5.27. The Bertz CT molecular complexity index is 999. The monoisotopic (exact) mass is 440 g/mol. The lowest BCUT2D eigenvalue weighted by molar-refractivity contribution is 0.566. The number of anilines is 1. The van der Waals surface area contributed by atoms with Crippen LogP contribution in [0, 0.1) is 20.8 Å². The van der Waals surface area contributed by atoms with Gasteiger partial charge in [0.1, 0.15) is 0 Å². The highest BCUT2D eigenvalue weighted by Gasteiger charge is 2.41. The number of aromatic amines is 1. The molecule has 1 aliphatic rings. The van der Waals surface area contributed by atoms with Crippen molar-refractivity contribution in [1.82, 2.24) is 15.3 Å². The molecule has 1 fully saturated rings. The van der Waals surface area contributed by atoms with Crippen molar-refractivity contribution in [1.29, 1.82) is 0 Å². The fourth-order valence-electron chi connectivity index (χ4n) is 3.78. The minimum atomic E-state index is -0.0171.